The second-order valence-electron chi connectivity index (χ2n) is 6.89. The number of halogens is 2. The fourth-order valence-corrected chi connectivity index (χ4v) is 3.23. The van der Waals surface area contributed by atoms with Crippen molar-refractivity contribution in [2.45, 2.75) is 38.3 Å². The Kier molecular flexibility index (Phi) is 8.06. The minimum atomic E-state index is -0.486. The predicted molar refractivity (Wildman–Crippen MR) is 104 cm³/mol. The highest BCUT2D eigenvalue weighted by Gasteiger charge is 2.13. The quantitative estimate of drug-likeness (QED) is 0.574. The third kappa shape index (κ3) is 6.77. The van der Waals surface area contributed by atoms with Crippen LogP contribution in [0.25, 0.3) is 0 Å². The van der Waals surface area contributed by atoms with Crippen molar-refractivity contribution in [3.63, 3.8) is 0 Å². The number of nitrogens with one attached hydrogen (secondary N) is 1. The van der Waals surface area contributed by atoms with Gasteiger partial charge < -0.3 is 19.5 Å². The maximum absolute atomic E-state index is 13.6. The van der Waals surface area contributed by atoms with Gasteiger partial charge in [-0.1, -0.05) is 12.8 Å². The summed E-state index contributed by atoms with van der Waals surface area (Å²) in [6.45, 7) is 2.53. The Bertz CT molecular complexity index is 718. The van der Waals surface area contributed by atoms with Gasteiger partial charge in [0.05, 0.1) is 13.2 Å². The van der Waals surface area contributed by atoms with E-state index in [0.717, 1.165) is 24.7 Å². The van der Waals surface area contributed by atoms with Gasteiger partial charge in [-0.3, -0.25) is 0 Å². The van der Waals surface area contributed by atoms with Crippen LogP contribution in [-0.4, -0.2) is 32.4 Å². The van der Waals surface area contributed by atoms with E-state index in [1.165, 1.54) is 25.7 Å². The van der Waals surface area contributed by atoms with Crippen LogP contribution in [0.5, 0.6) is 11.5 Å². The lowest BCUT2D eigenvalue weighted by Gasteiger charge is -2.12. The molecule has 0 radical (unpaired) electrons. The summed E-state index contributed by atoms with van der Waals surface area (Å²) < 4.78 is 43.4. The molecule has 0 amide bonds. The molecule has 0 spiro atoms. The van der Waals surface area contributed by atoms with Crippen LogP contribution >= 0.6 is 0 Å². The summed E-state index contributed by atoms with van der Waals surface area (Å²) in [5.41, 5.74) is 0.180. The third-order valence-electron chi connectivity index (χ3n) is 4.76. The number of benzene rings is 2. The fraction of sp³-hybridized carbons (Fsp3) is 0.455. The lowest BCUT2D eigenvalue weighted by atomic mass is 10.2. The molecule has 1 N–H and O–H groups in total. The largest absolute Gasteiger partial charge is 0.491 e. The minimum absolute atomic E-state index is 0.0352. The molecule has 3 rings (SSSR count). The molecule has 28 heavy (non-hydrogen) atoms. The summed E-state index contributed by atoms with van der Waals surface area (Å²) >= 11 is 0. The third-order valence-corrected chi connectivity index (χ3v) is 4.76. The van der Waals surface area contributed by atoms with Gasteiger partial charge in [0.25, 0.3) is 0 Å². The van der Waals surface area contributed by atoms with Crippen LogP contribution < -0.4 is 14.8 Å². The maximum Gasteiger partial charge on any atom is 0.130 e. The Labute approximate surface area is 164 Å². The Morgan fingerprint density at radius 3 is 2.32 bits per heavy atom. The Hall–Kier alpha value is -2.18. The molecule has 2 aromatic rings. The minimum Gasteiger partial charge on any atom is -0.491 e. The van der Waals surface area contributed by atoms with E-state index in [2.05, 4.69) is 5.32 Å². The molecule has 0 bridgehead atoms. The first-order chi connectivity index (χ1) is 13.7. The van der Waals surface area contributed by atoms with Crippen molar-refractivity contribution >= 4 is 0 Å². The van der Waals surface area contributed by atoms with Gasteiger partial charge in [0.2, 0.25) is 0 Å². The zero-order valence-electron chi connectivity index (χ0n) is 16.0. The average molecular weight is 391 g/mol. The topological polar surface area (TPSA) is 39.7 Å². The van der Waals surface area contributed by atoms with Crippen LogP contribution in [0.3, 0.4) is 0 Å². The van der Waals surface area contributed by atoms with Crippen molar-refractivity contribution in [1.82, 2.24) is 5.32 Å². The molecule has 0 aromatic heterocycles. The predicted octanol–water partition coefficient (Wildman–Crippen LogP) is 4.47. The molecule has 6 heteroatoms. The van der Waals surface area contributed by atoms with Crippen LogP contribution in [0, 0.1) is 11.6 Å². The smallest absolute Gasteiger partial charge is 0.130 e. The molecule has 1 saturated carbocycles. The average Bonchev–Trinajstić information content (AvgIpc) is 3.22. The molecule has 0 atom stereocenters. The molecule has 1 aliphatic carbocycles. The van der Waals surface area contributed by atoms with E-state index in [1.54, 1.807) is 24.3 Å². The molecule has 0 aliphatic heterocycles. The van der Waals surface area contributed by atoms with Crippen molar-refractivity contribution in [2.75, 3.05) is 26.4 Å². The summed E-state index contributed by atoms with van der Waals surface area (Å²) in [5.74, 6) is 0.294. The van der Waals surface area contributed by atoms with Gasteiger partial charge in [-0.25, -0.2) is 8.78 Å². The van der Waals surface area contributed by atoms with Crippen molar-refractivity contribution in [3.8, 4) is 11.5 Å². The van der Waals surface area contributed by atoms with Gasteiger partial charge in [0.15, 0.2) is 0 Å². The number of rotatable bonds is 11. The van der Waals surface area contributed by atoms with Gasteiger partial charge in [-0.05, 0) is 55.3 Å². The maximum atomic E-state index is 13.6. The van der Waals surface area contributed by atoms with E-state index in [9.17, 15) is 8.78 Å². The lowest BCUT2D eigenvalue weighted by Crippen LogP contribution is -2.29. The number of hydrogen-bond acceptors (Lipinski definition) is 4. The first-order valence-electron chi connectivity index (χ1n) is 9.81. The second kappa shape index (κ2) is 11.0. The summed E-state index contributed by atoms with van der Waals surface area (Å²) in [5, 5.41) is 3.50. The lowest BCUT2D eigenvalue weighted by molar-refractivity contribution is 0.100. The van der Waals surface area contributed by atoms with E-state index in [0.29, 0.717) is 37.4 Å². The van der Waals surface area contributed by atoms with Crippen LogP contribution in [0.1, 0.15) is 31.2 Å². The first kappa shape index (κ1) is 20.6. The molecule has 2 aromatic carbocycles. The molecule has 152 valence electrons. The molecule has 4 nitrogen and oxygen atoms in total. The standard InChI is InChI=1S/C22H27F2NO3/c23-18-5-10-22(24)17(15-18)16-28-21-8-6-20(7-9-21)27-14-13-26-12-11-25-19-3-1-2-4-19/h5-10,15,19,25H,1-4,11-14,16H2. The van der Waals surface area contributed by atoms with Crippen LogP contribution in [0.2, 0.25) is 0 Å². The monoisotopic (exact) mass is 391 g/mol. The summed E-state index contributed by atoms with van der Waals surface area (Å²) in [4.78, 5) is 0. The van der Waals surface area contributed by atoms with E-state index >= 15 is 0 Å². The van der Waals surface area contributed by atoms with Crippen LogP contribution in [-0.2, 0) is 11.3 Å². The van der Waals surface area contributed by atoms with Gasteiger partial charge in [0.1, 0.15) is 36.3 Å². The van der Waals surface area contributed by atoms with E-state index < -0.39 is 11.6 Å². The first-order valence-corrected chi connectivity index (χ1v) is 9.81. The number of ether oxygens (including phenoxy) is 3. The SMILES string of the molecule is Fc1ccc(F)c(COc2ccc(OCCOCCNC3CCCC3)cc2)c1. The van der Waals surface area contributed by atoms with Crippen molar-refractivity contribution in [3.05, 3.63) is 59.7 Å². The highest BCUT2D eigenvalue weighted by atomic mass is 19.1. The van der Waals surface area contributed by atoms with Gasteiger partial charge in [0, 0.05) is 18.2 Å². The zero-order valence-corrected chi connectivity index (χ0v) is 16.0. The Morgan fingerprint density at radius 1 is 0.857 bits per heavy atom. The number of hydrogen-bond donors (Lipinski definition) is 1. The summed E-state index contributed by atoms with van der Waals surface area (Å²) in [7, 11) is 0. The highest BCUT2D eigenvalue weighted by molar-refractivity contribution is 5.31. The van der Waals surface area contributed by atoms with E-state index in [-0.39, 0.29) is 12.2 Å². The van der Waals surface area contributed by atoms with Gasteiger partial charge in [-0.15, -0.1) is 0 Å². The summed E-state index contributed by atoms with van der Waals surface area (Å²) in [6.07, 6.45) is 5.22. The summed E-state index contributed by atoms with van der Waals surface area (Å²) in [6, 6.07) is 11.0. The molecule has 0 heterocycles. The molecular formula is C22H27F2NO3. The van der Waals surface area contributed by atoms with Crippen LogP contribution in [0.15, 0.2) is 42.5 Å². The van der Waals surface area contributed by atoms with Gasteiger partial charge >= 0.3 is 0 Å². The van der Waals surface area contributed by atoms with Crippen molar-refractivity contribution in [1.29, 1.82) is 0 Å². The zero-order chi connectivity index (χ0) is 19.6. The Morgan fingerprint density at radius 2 is 1.57 bits per heavy atom. The second-order valence-corrected chi connectivity index (χ2v) is 6.89. The normalized spacial score (nSPS) is 14.4. The van der Waals surface area contributed by atoms with Crippen molar-refractivity contribution in [2.24, 2.45) is 0 Å². The molecule has 0 unspecified atom stereocenters. The molecule has 1 fully saturated rings. The molecule has 1 aliphatic rings. The van der Waals surface area contributed by atoms with E-state index in [1.807, 2.05) is 0 Å². The molecular weight excluding hydrogens is 364 g/mol. The van der Waals surface area contributed by atoms with Gasteiger partial charge in [-0.2, -0.15) is 0 Å². The fourth-order valence-electron chi connectivity index (χ4n) is 3.23. The van der Waals surface area contributed by atoms with E-state index in [4.69, 9.17) is 14.2 Å². The Balaban J connectivity index is 1.29. The van der Waals surface area contributed by atoms with Crippen molar-refractivity contribution < 1.29 is 23.0 Å². The highest BCUT2D eigenvalue weighted by Crippen LogP contribution is 2.20. The van der Waals surface area contributed by atoms with Crippen LogP contribution in [0.4, 0.5) is 8.78 Å². The molecule has 0 saturated heterocycles.